The van der Waals surface area contributed by atoms with Crippen LogP contribution in [0.2, 0.25) is 10.0 Å². The van der Waals surface area contributed by atoms with Crippen molar-refractivity contribution >= 4 is 72.0 Å². The molecular weight excluding hydrogens is 481 g/mol. The first kappa shape index (κ1) is 22.1. The maximum absolute atomic E-state index is 13.0. The predicted molar refractivity (Wildman–Crippen MR) is 123 cm³/mol. The lowest BCUT2D eigenvalue weighted by Gasteiger charge is -2.28. The van der Waals surface area contributed by atoms with E-state index in [9.17, 15) is 18.0 Å². The quantitative estimate of drug-likeness (QED) is 0.481. The highest BCUT2D eigenvalue weighted by Crippen LogP contribution is 2.37. The Hall–Kier alpha value is -2.13. The Bertz CT molecular complexity index is 1260. The zero-order valence-electron chi connectivity index (χ0n) is 16.1. The van der Waals surface area contributed by atoms with E-state index in [2.05, 4.69) is 0 Å². The Morgan fingerprint density at radius 3 is 2.55 bits per heavy atom. The van der Waals surface area contributed by atoms with Crippen molar-refractivity contribution in [3.8, 4) is 0 Å². The summed E-state index contributed by atoms with van der Waals surface area (Å²) in [6, 6.07) is 13.3. The highest BCUT2D eigenvalue weighted by Gasteiger charge is 2.36. The molecule has 31 heavy (non-hydrogen) atoms. The standard InChI is InChI=1S/C21H17Cl2NO5S2/c22-13-6-7-16-17(10-13)30-20(19(16)23)21(26)29-11-18(25)24(14-4-2-1-3-5-14)15-8-9-31(27,28)12-15/h1-7,10,15H,8-9,11-12H2. The number of esters is 1. The summed E-state index contributed by atoms with van der Waals surface area (Å²) in [5.74, 6) is -1.32. The Labute approximate surface area is 193 Å². The lowest BCUT2D eigenvalue weighted by atomic mass is 10.2. The minimum absolute atomic E-state index is 0.0218. The van der Waals surface area contributed by atoms with Crippen LogP contribution in [-0.2, 0) is 19.4 Å². The lowest BCUT2D eigenvalue weighted by molar-refractivity contribution is -0.122. The highest BCUT2D eigenvalue weighted by atomic mass is 35.5. The van der Waals surface area contributed by atoms with Crippen molar-refractivity contribution in [3.63, 3.8) is 0 Å². The zero-order valence-corrected chi connectivity index (χ0v) is 19.2. The van der Waals surface area contributed by atoms with Crippen LogP contribution in [0.4, 0.5) is 5.69 Å². The summed E-state index contributed by atoms with van der Waals surface area (Å²) in [5.41, 5.74) is 0.556. The number of nitrogens with zero attached hydrogens (tertiary/aromatic N) is 1. The van der Waals surface area contributed by atoms with Crippen LogP contribution in [0.1, 0.15) is 16.1 Å². The molecule has 0 radical (unpaired) electrons. The van der Waals surface area contributed by atoms with Crippen LogP contribution in [0.3, 0.4) is 0 Å². The van der Waals surface area contributed by atoms with Gasteiger partial charge in [0, 0.05) is 20.8 Å². The summed E-state index contributed by atoms with van der Waals surface area (Å²) in [6.45, 7) is -0.532. The molecule has 1 aromatic heterocycles. The molecule has 0 aliphatic carbocycles. The molecule has 2 heterocycles. The van der Waals surface area contributed by atoms with E-state index in [0.717, 1.165) is 16.0 Å². The van der Waals surface area contributed by atoms with Crippen LogP contribution in [0.5, 0.6) is 0 Å². The van der Waals surface area contributed by atoms with E-state index in [1.54, 1.807) is 48.5 Å². The number of benzene rings is 2. The van der Waals surface area contributed by atoms with E-state index in [1.165, 1.54) is 4.90 Å². The summed E-state index contributed by atoms with van der Waals surface area (Å²) in [6.07, 6.45) is 0.333. The molecule has 1 aliphatic heterocycles. The Morgan fingerprint density at radius 2 is 1.87 bits per heavy atom. The summed E-state index contributed by atoms with van der Waals surface area (Å²) in [5, 5.41) is 1.44. The zero-order chi connectivity index (χ0) is 22.2. The van der Waals surface area contributed by atoms with E-state index in [1.807, 2.05) is 0 Å². The number of fused-ring (bicyclic) bond motifs is 1. The van der Waals surface area contributed by atoms with Crippen LogP contribution < -0.4 is 4.90 Å². The number of para-hydroxylation sites is 1. The van der Waals surface area contributed by atoms with Gasteiger partial charge in [0.15, 0.2) is 16.4 Å². The van der Waals surface area contributed by atoms with E-state index < -0.39 is 34.4 Å². The molecule has 0 saturated carbocycles. The smallest absolute Gasteiger partial charge is 0.350 e. The van der Waals surface area contributed by atoms with Gasteiger partial charge in [0.2, 0.25) is 0 Å². The van der Waals surface area contributed by atoms with E-state index in [-0.39, 0.29) is 21.4 Å². The number of hydrogen-bond donors (Lipinski definition) is 0. The van der Waals surface area contributed by atoms with Gasteiger partial charge in [0.1, 0.15) is 4.88 Å². The van der Waals surface area contributed by atoms with Crippen molar-refractivity contribution in [2.24, 2.45) is 0 Å². The number of carbonyl (C=O) groups excluding carboxylic acids is 2. The number of hydrogen-bond acceptors (Lipinski definition) is 6. The van der Waals surface area contributed by atoms with Crippen LogP contribution in [0.25, 0.3) is 10.1 Å². The van der Waals surface area contributed by atoms with Crippen molar-refractivity contribution in [2.75, 3.05) is 23.0 Å². The molecule has 3 aromatic rings. The number of ether oxygens (including phenoxy) is 1. The minimum atomic E-state index is -3.21. The van der Waals surface area contributed by atoms with E-state index in [4.69, 9.17) is 27.9 Å². The number of amides is 1. The number of carbonyl (C=O) groups is 2. The monoisotopic (exact) mass is 497 g/mol. The minimum Gasteiger partial charge on any atom is -0.451 e. The fourth-order valence-corrected chi connectivity index (χ4v) is 6.94. The van der Waals surface area contributed by atoms with Crippen LogP contribution >= 0.6 is 34.5 Å². The lowest BCUT2D eigenvalue weighted by Crippen LogP contribution is -2.43. The second-order valence-electron chi connectivity index (χ2n) is 7.12. The number of sulfone groups is 1. The predicted octanol–water partition coefficient (Wildman–Crippen LogP) is 4.59. The van der Waals surface area contributed by atoms with Crippen molar-refractivity contribution in [2.45, 2.75) is 12.5 Å². The summed E-state index contributed by atoms with van der Waals surface area (Å²) in [4.78, 5) is 27.2. The molecule has 1 aliphatic rings. The first-order valence-corrected chi connectivity index (χ1v) is 12.8. The van der Waals surface area contributed by atoms with Gasteiger partial charge in [-0.15, -0.1) is 11.3 Å². The molecule has 1 unspecified atom stereocenters. The summed E-state index contributed by atoms with van der Waals surface area (Å²) in [7, 11) is -3.21. The van der Waals surface area contributed by atoms with Crippen molar-refractivity contribution in [3.05, 3.63) is 63.5 Å². The SMILES string of the molecule is O=C(OCC(=O)N(c1ccccc1)C1CCS(=O)(=O)C1)c1sc2cc(Cl)ccc2c1Cl. The van der Waals surface area contributed by atoms with Gasteiger partial charge in [-0.05, 0) is 30.7 Å². The van der Waals surface area contributed by atoms with Crippen molar-refractivity contribution < 1.29 is 22.7 Å². The van der Waals surface area contributed by atoms with Crippen LogP contribution in [0, 0.1) is 0 Å². The van der Waals surface area contributed by atoms with Crippen LogP contribution in [0.15, 0.2) is 48.5 Å². The number of rotatable bonds is 5. The molecule has 2 aromatic carbocycles. The summed E-state index contributed by atoms with van der Waals surface area (Å²) < 4.78 is 29.9. The molecule has 0 N–H and O–H groups in total. The van der Waals surface area contributed by atoms with Gasteiger partial charge < -0.3 is 9.64 Å². The molecule has 6 nitrogen and oxygen atoms in total. The fraction of sp³-hybridized carbons (Fsp3) is 0.238. The molecule has 10 heteroatoms. The number of anilines is 1. The molecule has 0 spiro atoms. The third-order valence-electron chi connectivity index (χ3n) is 4.98. The highest BCUT2D eigenvalue weighted by molar-refractivity contribution is 7.91. The maximum atomic E-state index is 13.0. The third-order valence-corrected chi connectivity index (χ3v) is 8.60. The topological polar surface area (TPSA) is 80.8 Å². The molecule has 0 bridgehead atoms. The van der Waals surface area contributed by atoms with E-state index >= 15 is 0 Å². The molecule has 1 saturated heterocycles. The van der Waals surface area contributed by atoms with Crippen molar-refractivity contribution in [1.82, 2.24) is 0 Å². The second-order valence-corrected chi connectivity index (χ2v) is 11.2. The average Bonchev–Trinajstić information content (AvgIpc) is 3.26. The Kier molecular flexibility index (Phi) is 6.25. The number of halogens is 2. The molecule has 1 amide bonds. The average molecular weight is 498 g/mol. The maximum Gasteiger partial charge on any atom is 0.350 e. The first-order valence-electron chi connectivity index (χ1n) is 9.37. The molecule has 162 valence electrons. The van der Waals surface area contributed by atoms with Gasteiger partial charge in [-0.3, -0.25) is 4.79 Å². The van der Waals surface area contributed by atoms with E-state index in [0.29, 0.717) is 22.5 Å². The van der Waals surface area contributed by atoms with Gasteiger partial charge in [-0.2, -0.15) is 0 Å². The normalized spacial score (nSPS) is 17.5. The third kappa shape index (κ3) is 4.72. The van der Waals surface area contributed by atoms with Gasteiger partial charge in [0.25, 0.3) is 5.91 Å². The summed E-state index contributed by atoms with van der Waals surface area (Å²) >= 11 is 13.4. The Balaban J connectivity index is 1.53. The second kappa shape index (κ2) is 8.78. The van der Waals surface area contributed by atoms with Gasteiger partial charge >= 0.3 is 5.97 Å². The molecular formula is C21H17Cl2NO5S2. The van der Waals surface area contributed by atoms with Gasteiger partial charge in [0.05, 0.1) is 22.6 Å². The van der Waals surface area contributed by atoms with Crippen molar-refractivity contribution in [1.29, 1.82) is 0 Å². The van der Waals surface area contributed by atoms with Gasteiger partial charge in [-0.25, -0.2) is 13.2 Å². The largest absolute Gasteiger partial charge is 0.451 e. The van der Waals surface area contributed by atoms with Crippen LogP contribution in [-0.4, -0.2) is 44.4 Å². The molecule has 1 atom stereocenters. The fourth-order valence-electron chi connectivity index (χ4n) is 3.56. The van der Waals surface area contributed by atoms with Gasteiger partial charge in [-0.1, -0.05) is 47.5 Å². The number of thiophene rings is 1. The first-order chi connectivity index (χ1) is 14.7. The Morgan fingerprint density at radius 1 is 1.13 bits per heavy atom. The molecule has 1 fully saturated rings. The molecule has 4 rings (SSSR count).